The third kappa shape index (κ3) is 4.72. The van der Waals surface area contributed by atoms with Crippen molar-refractivity contribution in [2.24, 2.45) is 0 Å². The molecule has 1 fully saturated rings. The largest absolute Gasteiger partial charge is 0.444 e. The predicted octanol–water partition coefficient (Wildman–Crippen LogP) is 3.44. The van der Waals surface area contributed by atoms with Crippen LogP contribution >= 0.6 is 0 Å². The van der Waals surface area contributed by atoms with Crippen molar-refractivity contribution in [2.75, 3.05) is 13.1 Å². The fourth-order valence-corrected chi connectivity index (χ4v) is 3.22. The molecule has 1 unspecified atom stereocenters. The highest BCUT2D eigenvalue weighted by Gasteiger charge is 2.30. The molecule has 1 saturated heterocycles. The van der Waals surface area contributed by atoms with Gasteiger partial charge in [-0.2, -0.15) is 0 Å². The maximum absolute atomic E-state index is 12.4. The molecule has 2 heterocycles. The third-order valence-corrected chi connectivity index (χ3v) is 4.37. The summed E-state index contributed by atoms with van der Waals surface area (Å²) in [6, 6.07) is 8.19. The molecular formula is C19H28N4O2. The van der Waals surface area contributed by atoms with E-state index in [-0.39, 0.29) is 12.1 Å². The second kappa shape index (κ2) is 7.44. The number of aromatic nitrogens is 2. The second-order valence-corrected chi connectivity index (χ2v) is 7.65. The van der Waals surface area contributed by atoms with E-state index in [2.05, 4.69) is 15.3 Å². The molecule has 0 radical (unpaired) electrons. The number of likely N-dealkylation sites (tertiary alicyclic amines) is 1. The summed E-state index contributed by atoms with van der Waals surface area (Å²) in [5.74, 6) is 0.917. The van der Waals surface area contributed by atoms with E-state index in [1.807, 2.05) is 49.9 Å². The van der Waals surface area contributed by atoms with Crippen LogP contribution in [0.3, 0.4) is 0 Å². The van der Waals surface area contributed by atoms with Crippen molar-refractivity contribution < 1.29 is 9.53 Å². The summed E-state index contributed by atoms with van der Waals surface area (Å²) in [6.45, 7) is 7.90. The lowest BCUT2D eigenvalue weighted by Gasteiger charge is -2.36. The Balaban J connectivity index is 1.55. The van der Waals surface area contributed by atoms with E-state index in [4.69, 9.17) is 4.74 Å². The van der Waals surface area contributed by atoms with Gasteiger partial charge in [0.05, 0.1) is 17.6 Å². The van der Waals surface area contributed by atoms with Gasteiger partial charge in [0.1, 0.15) is 11.4 Å². The first-order valence-electron chi connectivity index (χ1n) is 9.06. The van der Waals surface area contributed by atoms with Gasteiger partial charge < -0.3 is 19.9 Å². The van der Waals surface area contributed by atoms with E-state index < -0.39 is 5.60 Å². The van der Waals surface area contributed by atoms with Gasteiger partial charge in [0.15, 0.2) is 0 Å². The molecule has 25 heavy (non-hydrogen) atoms. The summed E-state index contributed by atoms with van der Waals surface area (Å²) in [7, 11) is 0. The highest BCUT2D eigenvalue weighted by atomic mass is 16.6. The summed E-state index contributed by atoms with van der Waals surface area (Å²) >= 11 is 0. The van der Waals surface area contributed by atoms with Crippen LogP contribution < -0.4 is 5.32 Å². The van der Waals surface area contributed by atoms with Crippen LogP contribution in [-0.4, -0.2) is 45.7 Å². The van der Waals surface area contributed by atoms with Crippen molar-refractivity contribution in [3.8, 4) is 0 Å². The molecule has 6 heteroatoms. The molecule has 2 N–H and O–H groups in total. The molecule has 1 aliphatic heterocycles. The number of fused-ring (bicyclic) bond motifs is 1. The van der Waals surface area contributed by atoms with Crippen molar-refractivity contribution in [2.45, 2.75) is 58.2 Å². The monoisotopic (exact) mass is 344 g/mol. The van der Waals surface area contributed by atoms with Gasteiger partial charge >= 0.3 is 6.09 Å². The Bertz CT molecular complexity index is 687. The minimum absolute atomic E-state index is 0.174. The van der Waals surface area contributed by atoms with Gasteiger partial charge in [-0.05, 0) is 52.2 Å². The Kier molecular flexibility index (Phi) is 5.27. The second-order valence-electron chi connectivity index (χ2n) is 7.65. The topological polar surface area (TPSA) is 70.2 Å². The molecule has 2 aromatic rings. The molecule has 1 amide bonds. The zero-order chi connectivity index (χ0) is 17.9. The van der Waals surface area contributed by atoms with Gasteiger partial charge in [-0.1, -0.05) is 12.1 Å². The molecule has 0 spiro atoms. The van der Waals surface area contributed by atoms with E-state index in [0.29, 0.717) is 6.54 Å². The van der Waals surface area contributed by atoms with Crippen molar-refractivity contribution >= 4 is 17.1 Å². The zero-order valence-electron chi connectivity index (χ0n) is 15.3. The van der Waals surface area contributed by atoms with E-state index in [9.17, 15) is 4.79 Å². The summed E-state index contributed by atoms with van der Waals surface area (Å²) in [5, 5.41) is 3.44. The van der Waals surface area contributed by atoms with Crippen molar-refractivity contribution in [1.82, 2.24) is 20.2 Å². The van der Waals surface area contributed by atoms with Crippen molar-refractivity contribution in [3.05, 3.63) is 30.1 Å². The first kappa shape index (κ1) is 17.7. The van der Waals surface area contributed by atoms with Crippen LogP contribution in [0.2, 0.25) is 0 Å². The molecule has 0 bridgehead atoms. The van der Waals surface area contributed by atoms with Crippen molar-refractivity contribution in [1.29, 1.82) is 0 Å². The molecule has 1 aliphatic rings. The fourth-order valence-electron chi connectivity index (χ4n) is 3.22. The Labute approximate surface area is 149 Å². The number of benzene rings is 1. The number of amides is 1. The molecule has 3 rings (SSSR count). The van der Waals surface area contributed by atoms with Gasteiger partial charge in [0.25, 0.3) is 0 Å². The number of hydrogen-bond acceptors (Lipinski definition) is 4. The molecule has 0 saturated carbocycles. The normalized spacial score (nSPS) is 18.5. The SMILES string of the molecule is CC(C)(C)OC(=O)N1CCCCC1CNCc1nc2ccccc2[nH]1. The third-order valence-electron chi connectivity index (χ3n) is 4.37. The molecule has 1 atom stereocenters. The smallest absolute Gasteiger partial charge is 0.410 e. The van der Waals surface area contributed by atoms with Crippen LogP contribution in [0.25, 0.3) is 11.0 Å². The lowest BCUT2D eigenvalue weighted by atomic mass is 10.0. The van der Waals surface area contributed by atoms with Gasteiger partial charge in [-0.25, -0.2) is 9.78 Å². The molecular weight excluding hydrogens is 316 g/mol. The predicted molar refractivity (Wildman–Crippen MR) is 98.4 cm³/mol. The van der Waals surface area contributed by atoms with E-state index >= 15 is 0 Å². The summed E-state index contributed by atoms with van der Waals surface area (Å²) in [6.07, 6.45) is 2.99. The number of ether oxygens (including phenoxy) is 1. The molecule has 136 valence electrons. The van der Waals surface area contributed by atoms with Crippen molar-refractivity contribution in [3.63, 3.8) is 0 Å². The maximum Gasteiger partial charge on any atom is 0.410 e. The van der Waals surface area contributed by atoms with Crippen LogP contribution in [0.5, 0.6) is 0 Å². The van der Waals surface area contributed by atoms with Crippen LogP contribution in [0.15, 0.2) is 24.3 Å². The van der Waals surface area contributed by atoms with E-state index in [1.165, 1.54) is 0 Å². The highest BCUT2D eigenvalue weighted by Crippen LogP contribution is 2.20. The van der Waals surface area contributed by atoms with Crippen LogP contribution in [-0.2, 0) is 11.3 Å². The number of carbonyl (C=O) groups is 1. The average molecular weight is 344 g/mol. The van der Waals surface area contributed by atoms with Crippen LogP contribution in [0, 0.1) is 0 Å². The number of hydrogen-bond donors (Lipinski definition) is 2. The number of nitrogens with one attached hydrogen (secondary N) is 2. The molecule has 6 nitrogen and oxygen atoms in total. The number of aromatic amines is 1. The number of para-hydroxylation sites is 2. The zero-order valence-corrected chi connectivity index (χ0v) is 15.3. The number of nitrogens with zero attached hydrogens (tertiary/aromatic N) is 2. The molecule has 1 aromatic heterocycles. The molecule has 1 aromatic carbocycles. The standard InChI is InChI=1S/C19H28N4O2/c1-19(2,3)25-18(24)23-11-7-6-8-14(23)12-20-13-17-21-15-9-4-5-10-16(15)22-17/h4-5,9-10,14,20H,6-8,11-13H2,1-3H3,(H,21,22). The summed E-state index contributed by atoms with van der Waals surface area (Å²) in [5.41, 5.74) is 1.57. The van der Waals surface area contributed by atoms with E-state index in [0.717, 1.165) is 49.2 Å². The summed E-state index contributed by atoms with van der Waals surface area (Å²) < 4.78 is 5.55. The lowest BCUT2D eigenvalue weighted by molar-refractivity contribution is 0.00992. The fraction of sp³-hybridized carbons (Fsp3) is 0.579. The lowest BCUT2D eigenvalue weighted by Crippen LogP contribution is -2.50. The quantitative estimate of drug-likeness (QED) is 0.891. The minimum Gasteiger partial charge on any atom is -0.444 e. The van der Waals surface area contributed by atoms with Crippen LogP contribution in [0.4, 0.5) is 4.79 Å². The van der Waals surface area contributed by atoms with Gasteiger partial charge in [-0.15, -0.1) is 0 Å². The van der Waals surface area contributed by atoms with Gasteiger partial charge in [0.2, 0.25) is 0 Å². The first-order valence-corrected chi connectivity index (χ1v) is 9.06. The number of carbonyl (C=O) groups excluding carboxylic acids is 1. The molecule has 0 aliphatic carbocycles. The number of imidazole rings is 1. The number of piperidine rings is 1. The minimum atomic E-state index is -0.458. The highest BCUT2D eigenvalue weighted by molar-refractivity contribution is 5.74. The Hall–Kier alpha value is -2.08. The summed E-state index contributed by atoms with van der Waals surface area (Å²) in [4.78, 5) is 22.2. The van der Waals surface area contributed by atoms with E-state index in [1.54, 1.807) is 0 Å². The maximum atomic E-state index is 12.4. The Morgan fingerprint density at radius 2 is 2.16 bits per heavy atom. The Morgan fingerprint density at radius 3 is 2.92 bits per heavy atom. The first-order chi connectivity index (χ1) is 11.9. The number of H-pyrrole nitrogens is 1. The van der Waals surface area contributed by atoms with Gasteiger partial charge in [0, 0.05) is 19.1 Å². The average Bonchev–Trinajstić information content (AvgIpc) is 2.96. The number of rotatable bonds is 4. The van der Waals surface area contributed by atoms with Gasteiger partial charge in [-0.3, -0.25) is 0 Å². The van der Waals surface area contributed by atoms with Crippen LogP contribution in [0.1, 0.15) is 45.9 Å². The Morgan fingerprint density at radius 1 is 1.36 bits per heavy atom.